The third kappa shape index (κ3) is 5.40. The molecule has 0 unspecified atom stereocenters. The van der Waals surface area contributed by atoms with Gasteiger partial charge in [-0.3, -0.25) is 14.9 Å². The number of carbonyl (C=O) groups is 2. The summed E-state index contributed by atoms with van der Waals surface area (Å²) in [5.41, 5.74) is -0.633. The van der Waals surface area contributed by atoms with Gasteiger partial charge in [-0.05, 0) is 51.7 Å². The summed E-state index contributed by atoms with van der Waals surface area (Å²) in [6, 6.07) is 5.91. The third-order valence-electron chi connectivity index (χ3n) is 4.08. The Morgan fingerprint density at radius 3 is 2.42 bits per heavy atom. The smallest absolute Gasteiger partial charge is 0.410 e. The summed E-state index contributed by atoms with van der Waals surface area (Å²) in [6.07, 6.45) is 4.30. The normalized spacial score (nSPS) is 15.9. The van der Waals surface area contributed by atoms with Gasteiger partial charge in [0.05, 0.1) is 10.5 Å². The van der Waals surface area contributed by atoms with Crippen LogP contribution in [-0.4, -0.2) is 40.4 Å². The van der Waals surface area contributed by atoms with Crippen LogP contribution in [0.5, 0.6) is 0 Å². The predicted octanol–water partition coefficient (Wildman–Crippen LogP) is 3.98. The molecular formula is C19H24N2O5. The summed E-state index contributed by atoms with van der Waals surface area (Å²) < 4.78 is 5.36. The number of likely N-dealkylation sites (tertiary alicyclic amines) is 1. The fraction of sp³-hybridized carbons (Fsp3) is 0.474. The molecule has 0 N–H and O–H groups in total. The molecule has 7 heteroatoms. The minimum absolute atomic E-state index is 0.0833. The number of hydrogen-bond donors (Lipinski definition) is 0. The Bertz CT molecular complexity index is 713. The van der Waals surface area contributed by atoms with Gasteiger partial charge in [0.25, 0.3) is 5.69 Å². The number of nitrogens with zero attached hydrogens (tertiary/aromatic N) is 2. The van der Waals surface area contributed by atoms with Crippen molar-refractivity contribution in [3.05, 3.63) is 52.1 Å². The topological polar surface area (TPSA) is 89.8 Å². The molecule has 1 fully saturated rings. The quantitative estimate of drug-likeness (QED) is 0.351. The van der Waals surface area contributed by atoms with E-state index in [9.17, 15) is 19.7 Å². The second-order valence-electron chi connectivity index (χ2n) is 7.30. The number of ketones is 1. The molecule has 1 amide bonds. The average molecular weight is 360 g/mol. The van der Waals surface area contributed by atoms with Crippen molar-refractivity contribution >= 4 is 17.6 Å². The van der Waals surface area contributed by atoms with E-state index in [4.69, 9.17) is 4.74 Å². The highest BCUT2D eigenvalue weighted by molar-refractivity contribution is 6.07. The van der Waals surface area contributed by atoms with Gasteiger partial charge in [0.1, 0.15) is 5.60 Å². The van der Waals surface area contributed by atoms with E-state index in [1.807, 2.05) is 20.8 Å². The summed E-state index contributed by atoms with van der Waals surface area (Å²) in [6.45, 7) is 6.60. The molecular weight excluding hydrogens is 336 g/mol. The number of ether oxygens (including phenoxy) is 1. The van der Waals surface area contributed by atoms with Gasteiger partial charge in [0.15, 0.2) is 5.78 Å². The lowest BCUT2D eigenvalue weighted by atomic mass is 9.95. The number of hydrogen-bond acceptors (Lipinski definition) is 5. The Labute approximate surface area is 152 Å². The van der Waals surface area contributed by atoms with Crippen molar-refractivity contribution in [1.82, 2.24) is 4.90 Å². The van der Waals surface area contributed by atoms with Crippen molar-refractivity contribution in [2.45, 2.75) is 39.2 Å². The lowest BCUT2D eigenvalue weighted by molar-refractivity contribution is -0.385. The monoisotopic (exact) mass is 360 g/mol. The Balaban J connectivity index is 1.92. The fourth-order valence-corrected chi connectivity index (χ4v) is 2.76. The maximum atomic E-state index is 12.3. The highest BCUT2D eigenvalue weighted by Gasteiger charge is 2.26. The van der Waals surface area contributed by atoms with Crippen LogP contribution in [0.15, 0.2) is 36.4 Å². The molecule has 1 heterocycles. The van der Waals surface area contributed by atoms with Crippen LogP contribution in [0.1, 0.15) is 44.0 Å². The number of para-hydroxylation sites is 1. The number of rotatable bonds is 4. The summed E-state index contributed by atoms with van der Waals surface area (Å²) in [5, 5.41) is 11.0. The second-order valence-corrected chi connectivity index (χ2v) is 7.30. The Kier molecular flexibility index (Phi) is 6.13. The first kappa shape index (κ1) is 19.6. The average Bonchev–Trinajstić information content (AvgIpc) is 2.58. The first-order valence-corrected chi connectivity index (χ1v) is 8.61. The van der Waals surface area contributed by atoms with E-state index in [1.165, 1.54) is 24.3 Å². The molecule has 0 saturated carbocycles. The highest BCUT2D eigenvalue weighted by atomic mass is 16.6. The maximum Gasteiger partial charge on any atom is 0.410 e. The molecule has 1 aromatic rings. The van der Waals surface area contributed by atoms with Gasteiger partial charge in [-0.25, -0.2) is 4.79 Å². The summed E-state index contributed by atoms with van der Waals surface area (Å²) in [7, 11) is 0. The number of nitro benzene ring substituents is 1. The zero-order valence-electron chi connectivity index (χ0n) is 15.3. The van der Waals surface area contributed by atoms with E-state index in [-0.39, 0.29) is 29.0 Å². The van der Waals surface area contributed by atoms with Crippen molar-refractivity contribution < 1.29 is 19.2 Å². The minimum atomic E-state index is -0.555. The summed E-state index contributed by atoms with van der Waals surface area (Å²) in [5.74, 6) is -0.229. The second kappa shape index (κ2) is 8.12. The molecule has 0 spiro atoms. The van der Waals surface area contributed by atoms with Crippen LogP contribution >= 0.6 is 0 Å². The van der Waals surface area contributed by atoms with Crippen molar-refractivity contribution in [2.75, 3.05) is 13.1 Å². The molecule has 1 aromatic carbocycles. The lowest BCUT2D eigenvalue weighted by Crippen LogP contribution is -2.41. The number of nitro groups is 1. The third-order valence-corrected chi connectivity index (χ3v) is 4.08. The largest absolute Gasteiger partial charge is 0.444 e. The number of carbonyl (C=O) groups excluding carboxylic acids is 2. The predicted molar refractivity (Wildman–Crippen MR) is 97.1 cm³/mol. The van der Waals surface area contributed by atoms with Gasteiger partial charge in [-0.15, -0.1) is 0 Å². The zero-order valence-corrected chi connectivity index (χ0v) is 15.3. The van der Waals surface area contributed by atoms with Crippen LogP contribution in [-0.2, 0) is 4.74 Å². The van der Waals surface area contributed by atoms with E-state index in [1.54, 1.807) is 17.0 Å². The van der Waals surface area contributed by atoms with Gasteiger partial charge in [0.2, 0.25) is 0 Å². The van der Waals surface area contributed by atoms with E-state index in [2.05, 4.69) is 0 Å². The molecule has 7 nitrogen and oxygen atoms in total. The van der Waals surface area contributed by atoms with Crippen LogP contribution in [0.2, 0.25) is 0 Å². The van der Waals surface area contributed by atoms with Gasteiger partial charge in [-0.2, -0.15) is 0 Å². The standard InChI is InChI=1S/C19H24N2O5/c1-19(2,3)26-18(23)20-12-10-14(11-13-20)8-9-17(22)15-6-4-5-7-16(15)21(24)25/h4-9,14H,10-13H2,1-3H3. The van der Waals surface area contributed by atoms with Gasteiger partial charge in [-0.1, -0.05) is 18.2 Å². The lowest BCUT2D eigenvalue weighted by Gasteiger charge is -2.32. The SMILES string of the molecule is CC(C)(C)OC(=O)N1CCC(C=CC(=O)c2ccccc2[N+](=O)[O-])CC1. The first-order chi connectivity index (χ1) is 12.2. The molecule has 0 radical (unpaired) electrons. The van der Waals surface area contributed by atoms with Crippen molar-refractivity contribution in [2.24, 2.45) is 5.92 Å². The van der Waals surface area contributed by atoms with E-state index in [0.29, 0.717) is 13.1 Å². The van der Waals surface area contributed by atoms with Crippen LogP contribution in [0.4, 0.5) is 10.5 Å². The van der Waals surface area contributed by atoms with Crippen LogP contribution in [0.3, 0.4) is 0 Å². The van der Waals surface area contributed by atoms with Crippen LogP contribution in [0.25, 0.3) is 0 Å². The molecule has 0 aromatic heterocycles. The maximum absolute atomic E-state index is 12.3. The molecule has 1 aliphatic heterocycles. The van der Waals surface area contributed by atoms with E-state index in [0.717, 1.165) is 12.8 Å². The fourth-order valence-electron chi connectivity index (χ4n) is 2.76. The molecule has 0 atom stereocenters. The molecule has 2 rings (SSSR count). The Morgan fingerprint density at radius 2 is 1.85 bits per heavy atom. The number of allylic oxidation sites excluding steroid dienone is 2. The van der Waals surface area contributed by atoms with Gasteiger partial charge in [0, 0.05) is 19.2 Å². The van der Waals surface area contributed by atoms with E-state index >= 15 is 0 Å². The number of benzene rings is 1. The molecule has 26 heavy (non-hydrogen) atoms. The number of piperidine rings is 1. The van der Waals surface area contributed by atoms with E-state index < -0.39 is 10.5 Å². The highest BCUT2D eigenvalue weighted by Crippen LogP contribution is 2.22. The van der Waals surface area contributed by atoms with Crippen LogP contribution < -0.4 is 0 Å². The molecule has 1 aliphatic rings. The van der Waals surface area contributed by atoms with Crippen molar-refractivity contribution in [3.63, 3.8) is 0 Å². The molecule has 0 aliphatic carbocycles. The summed E-state index contributed by atoms with van der Waals surface area (Å²) >= 11 is 0. The Morgan fingerprint density at radius 1 is 1.23 bits per heavy atom. The van der Waals surface area contributed by atoms with Gasteiger partial charge >= 0.3 is 6.09 Å². The number of amides is 1. The first-order valence-electron chi connectivity index (χ1n) is 8.61. The van der Waals surface area contributed by atoms with Crippen molar-refractivity contribution in [1.29, 1.82) is 0 Å². The van der Waals surface area contributed by atoms with Crippen molar-refractivity contribution in [3.8, 4) is 0 Å². The molecule has 1 saturated heterocycles. The molecule has 140 valence electrons. The zero-order chi connectivity index (χ0) is 19.3. The van der Waals surface area contributed by atoms with Crippen LogP contribution in [0, 0.1) is 16.0 Å². The summed E-state index contributed by atoms with van der Waals surface area (Å²) in [4.78, 5) is 36.4. The molecule has 0 bridgehead atoms. The van der Waals surface area contributed by atoms with Gasteiger partial charge < -0.3 is 9.64 Å². The minimum Gasteiger partial charge on any atom is -0.444 e. The Hall–Kier alpha value is -2.70.